The Morgan fingerprint density at radius 1 is 1.40 bits per heavy atom. The maximum absolute atomic E-state index is 11.1. The predicted molar refractivity (Wildman–Crippen MR) is 80.7 cm³/mol. The standard InChI is InChI=1S/C15H20N4O/c1-10-9-13(5-6-14(10)18-12(3)20)17-11(2)15-16-7-8-19(15)4/h5-9,11,17H,1-4H3,(H,18,20). The summed E-state index contributed by atoms with van der Waals surface area (Å²) < 4.78 is 2.00. The van der Waals surface area contributed by atoms with E-state index < -0.39 is 0 Å². The van der Waals surface area contributed by atoms with Gasteiger partial charge in [0, 0.05) is 37.7 Å². The second kappa shape index (κ2) is 5.77. The zero-order chi connectivity index (χ0) is 14.7. The van der Waals surface area contributed by atoms with Crippen LogP contribution in [-0.4, -0.2) is 15.5 Å². The van der Waals surface area contributed by atoms with E-state index in [0.29, 0.717) is 0 Å². The fraction of sp³-hybridized carbons (Fsp3) is 0.333. The van der Waals surface area contributed by atoms with Crippen LogP contribution in [0.25, 0.3) is 0 Å². The SMILES string of the molecule is CC(=O)Nc1ccc(NC(C)c2nccn2C)cc1C. The molecule has 1 atom stereocenters. The number of nitrogens with zero attached hydrogens (tertiary/aromatic N) is 2. The predicted octanol–water partition coefficient (Wildman–Crippen LogP) is 2.86. The van der Waals surface area contributed by atoms with Gasteiger partial charge in [0.1, 0.15) is 5.82 Å². The molecule has 0 bridgehead atoms. The van der Waals surface area contributed by atoms with Gasteiger partial charge in [0.15, 0.2) is 0 Å². The fourth-order valence-corrected chi connectivity index (χ4v) is 2.19. The van der Waals surface area contributed by atoms with Crippen molar-refractivity contribution in [2.24, 2.45) is 7.05 Å². The number of aromatic nitrogens is 2. The Hall–Kier alpha value is -2.30. The van der Waals surface area contributed by atoms with Crippen molar-refractivity contribution in [2.75, 3.05) is 10.6 Å². The molecule has 0 fully saturated rings. The van der Waals surface area contributed by atoms with Crippen molar-refractivity contribution >= 4 is 17.3 Å². The highest BCUT2D eigenvalue weighted by atomic mass is 16.1. The lowest BCUT2D eigenvalue weighted by atomic mass is 10.1. The third kappa shape index (κ3) is 3.17. The summed E-state index contributed by atoms with van der Waals surface area (Å²) in [6.07, 6.45) is 3.72. The van der Waals surface area contributed by atoms with Crippen LogP contribution < -0.4 is 10.6 Å². The van der Waals surface area contributed by atoms with E-state index in [1.54, 1.807) is 6.20 Å². The Kier molecular flexibility index (Phi) is 4.08. The molecule has 2 aromatic rings. The van der Waals surface area contributed by atoms with E-state index in [2.05, 4.69) is 22.5 Å². The van der Waals surface area contributed by atoms with E-state index in [1.807, 2.05) is 42.9 Å². The van der Waals surface area contributed by atoms with Gasteiger partial charge in [0.05, 0.1) is 6.04 Å². The molecule has 0 aliphatic heterocycles. The van der Waals surface area contributed by atoms with E-state index in [-0.39, 0.29) is 11.9 Å². The van der Waals surface area contributed by atoms with E-state index in [9.17, 15) is 4.79 Å². The molecule has 1 heterocycles. The average Bonchev–Trinajstić information content (AvgIpc) is 2.78. The van der Waals surface area contributed by atoms with E-state index in [0.717, 1.165) is 22.8 Å². The van der Waals surface area contributed by atoms with Gasteiger partial charge in [-0.25, -0.2) is 4.98 Å². The number of aryl methyl sites for hydroxylation is 2. The molecule has 5 nitrogen and oxygen atoms in total. The third-order valence-electron chi connectivity index (χ3n) is 3.17. The third-order valence-corrected chi connectivity index (χ3v) is 3.17. The first-order valence-electron chi connectivity index (χ1n) is 6.59. The van der Waals surface area contributed by atoms with Crippen molar-refractivity contribution in [2.45, 2.75) is 26.8 Å². The van der Waals surface area contributed by atoms with Crippen LogP contribution in [0.3, 0.4) is 0 Å². The number of amides is 1. The number of rotatable bonds is 4. The molecule has 0 spiro atoms. The number of hydrogen-bond donors (Lipinski definition) is 2. The maximum atomic E-state index is 11.1. The van der Waals surface area contributed by atoms with Crippen LogP contribution in [0.1, 0.15) is 31.3 Å². The number of hydrogen-bond acceptors (Lipinski definition) is 3. The summed E-state index contributed by atoms with van der Waals surface area (Å²) in [6, 6.07) is 5.99. The number of imidazole rings is 1. The van der Waals surface area contributed by atoms with Gasteiger partial charge in [0.2, 0.25) is 5.91 Å². The summed E-state index contributed by atoms with van der Waals surface area (Å²) in [5.74, 6) is 0.920. The smallest absolute Gasteiger partial charge is 0.221 e. The minimum Gasteiger partial charge on any atom is -0.375 e. The summed E-state index contributed by atoms with van der Waals surface area (Å²) in [5, 5.41) is 6.22. The Balaban J connectivity index is 2.12. The Morgan fingerprint density at radius 2 is 2.15 bits per heavy atom. The largest absolute Gasteiger partial charge is 0.375 e. The summed E-state index contributed by atoms with van der Waals surface area (Å²) in [7, 11) is 1.98. The number of carbonyl (C=O) groups is 1. The normalized spacial score (nSPS) is 12.0. The second-order valence-corrected chi connectivity index (χ2v) is 4.97. The molecule has 1 aromatic carbocycles. The summed E-state index contributed by atoms with van der Waals surface area (Å²) in [5.41, 5.74) is 2.87. The molecule has 0 radical (unpaired) electrons. The first-order chi connectivity index (χ1) is 9.47. The molecule has 106 valence electrons. The molecular weight excluding hydrogens is 252 g/mol. The molecule has 2 N–H and O–H groups in total. The molecule has 5 heteroatoms. The van der Waals surface area contributed by atoms with Gasteiger partial charge in [0.25, 0.3) is 0 Å². The minimum absolute atomic E-state index is 0.0600. The first kappa shape index (κ1) is 14.1. The van der Waals surface area contributed by atoms with Crippen molar-refractivity contribution in [1.82, 2.24) is 9.55 Å². The molecule has 1 aromatic heterocycles. The number of benzene rings is 1. The van der Waals surface area contributed by atoms with Crippen LogP contribution in [0.2, 0.25) is 0 Å². The second-order valence-electron chi connectivity index (χ2n) is 4.97. The van der Waals surface area contributed by atoms with Crippen LogP contribution in [0.15, 0.2) is 30.6 Å². The van der Waals surface area contributed by atoms with Gasteiger partial charge in [-0.3, -0.25) is 4.79 Å². The van der Waals surface area contributed by atoms with Crippen molar-refractivity contribution in [3.05, 3.63) is 42.0 Å². The van der Waals surface area contributed by atoms with Crippen LogP contribution in [0.5, 0.6) is 0 Å². The monoisotopic (exact) mass is 272 g/mol. The van der Waals surface area contributed by atoms with Gasteiger partial charge >= 0.3 is 0 Å². The van der Waals surface area contributed by atoms with Gasteiger partial charge < -0.3 is 15.2 Å². The van der Waals surface area contributed by atoms with E-state index in [1.165, 1.54) is 6.92 Å². The van der Waals surface area contributed by atoms with Gasteiger partial charge in [-0.1, -0.05) is 0 Å². The molecule has 0 saturated heterocycles. The number of carbonyl (C=O) groups excluding carboxylic acids is 1. The van der Waals surface area contributed by atoms with Crippen LogP contribution >= 0.6 is 0 Å². The maximum Gasteiger partial charge on any atom is 0.221 e. The van der Waals surface area contributed by atoms with Gasteiger partial charge in [-0.15, -0.1) is 0 Å². The topological polar surface area (TPSA) is 59.0 Å². The van der Waals surface area contributed by atoms with E-state index in [4.69, 9.17) is 0 Å². The molecule has 20 heavy (non-hydrogen) atoms. The molecule has 1 amide bonds. The van der Waals surface area contributed by atoms with Crippen LogP contribution in [-0.2, 0) is 11.8 Å². The van der Waals surface area contributed by atoms with Crippen molar-refractivity contribution < 1.29 is 4.79 Å². The minimum atomic E-state index is -0.0600. The zero-order valence-electron chi connectivity index (χ0n) is 12.3. The van der Waals surface area contributed by atoms with Crippen LogP contribution in [0, 0.1) is 6.92 Å². The van der Waals surface area contributed by atoms with Crippen LogP contribution in [0.4, 0.5) is 11.4 Å². The number of nitrogens with one attached hydrogen (secondary N) is 2. The molecular formula is C15H20N4O. The molecule has 2 rings (SSSR count). The first-order valence-corrected chi connectivity index (χ1v) is 6.59. The zero-order valence-corrected chi connectivity index (χ0v) is 12.3. The Morgan fingerprint density at radius 3 is 2.70 bits per heavy atom. The highest BCUT2D eigenvalue weighted by Crippen LogP contribution is 2.23. The lowest BCUT2D eigenvalue weighted by molar-refractivity contribution is -0.114. The molecule has 0 aliphatic rings. The van der Waals surface area contributed by atoms with Gasteiger partial charge in [-0.2, -0.15) is 0 Å². The average molecular weight is 272 g/mol. The summed E-state index contributed by atoms with van der Waals surface area (Å²) in [6.45, 7) is 5.55. The fourth-order valence-electron chi connectivity index (χ4n) is 2.19. The molecule has 0 aliphatic carbocycles. The van der Waals surface area contributed by atoms with Crippen molar-refractivity contribution in [3.63, 3.8) is 0 Å². The lowest BCUT2D eigenvalue weighted by Gasteiger charge is -2.16. The number of anilines is 2. The van der Waals surface area contributed by atoms with Crippen molar-refractivity contribution in [1.29, 1.82) is 0 Å². The Bertz CT molecular complexity index is 618. The highest BCUT2D eigenvalue weighted by molar-refractivity contribution is 5.89. The molecule has 1 unspecified atom stereocenters. The summed E-state index contributed by atoms with van der Waals surface area (Å²) >= 11 is 0. The van der Waals surface area contributed by atoms with E-state index >= 15 is 0 Å². The summed E-state index contributed by atoms with van der Waals surface area (Å²) in [4.78, 5) is 15.4. The Labute approximate surface area is 119 Å². The van der Waals surface area contributed by atoms with Gasteiger partial charge in [-0.05, 0) is 37.6 Å². The van der Waals surface area contributed by atoms with Crippen molar-refractivity contribution in [3.8, 4) is 0 Å². The highest BCUT2D eigenvalue weighted by Gasteiger charge is 2.10. The molecule has 0 saturated carbocycles. The lowest BCUT2D eigenvalue weighted by Crippen LogP contribution is -2.12. The quantitative estimate of drug-likeness (QED) is 0.899.